The van der Waals surface area contributed by atoms with Gasteiger partial charge >= 0.3 is 0 Å². The van der Waals surface area contributed by atoms with Crippen molar-refractivity contribution in [3.8, 4) is 0 Å². The molecule has 2 aromatic rings. The Morgan fingerprint density at radius 2 is 1.61 bits per heavy atom. The van der Waals surface area contributed by atoms with Crippen molar-refractivity contribution in [3.63, 3.8) is 0 Å². The van der Waals surface area contributed by atoms with Gasteiger partial charge in [-0.25, -0.2) is 0 Å². The first-order valence-corrected chi connectivity index (χ1v) is 6.65. The fraction of sp³-hybridized carbons (Fsp3) is 0.222. The molecule has 1 aliphatic carbocycles. The monoisotopic (exact) mass is 234 g/mol. The molecule has 0 fully saturated rings. The summed E-state index contributed by atoms with van der Waals surface area (Å²) in [6.45, 7) is 3.89. The van der Waals surface area contributed by atoms with Crippen molar-refractivity contribution in [1.82, 2.24) is 0 Å². The Bertz CT molecular complexity index is 539. The molecule has 0 aliphatic heterocycles. The van der Waals surface area contributed by atoms with Crippen LogP contribution in [-0.2, 0) is 0 Å². The minimum absolute atomic E-state index is 0.562. The molecule has 0 saturated heterocycles. The maximum atomic E-state index is 3.89. The predicted octanol–water partition coefficient (Wildman–Crippen LogP) is 4.88. The van der Waals surface area contributed by atoms with Crippen LogP contribution in [-0.4, -0.2) is 0 Å². The minimum atomic E-state index is 0.562. The molecule has 2 unspecified atom stereocenters. The largest absolute Gasteiger partial charge is 0.103 e. The summed E-state index contributed by atoms with van der Waals surface area (Å²) >= 11 is 0. The highest BCUT2D eigenvalue weighted by Crippen LogP contribution is 2.46. The summed E-state index contributed by atoms with van der Waals surface area (Å²) in [6.07, 6.45) is 4.35. The minimum Gasteiger partial charge on any atom is -0.103 e. The third kappa shape index (κ3) is 1.88. The van der Waals surface area contributed by atoms with E-state index >= 15 is 0 Å². The van der Waals surface area contributed by atoms with E-state index in [1.807, 2.05) is 0 Å². The Hall–Kier alpha value is -1.82. The maximum Gasteiger partial charge on any atom is 0.00981 e. The van der Waals surface area contributed by atoms with Crippen LogP contribution in [0.15, 0.2) is 67.3 Å². The molecule has 0 heterocycles. The molecule has 2 atom stereocenters. The van der Waals surface area contributed by atoms with Crippen molar-refractivity contribution in [1.29, 1.82) is 0 Å². The molecule has 0 N–H and O–H groups in total. The van der Waals surface area contributed by atoms with Gasteiger partial charge in [0, 0.05) is 5.92 Å². The molecule has 0 amide bonds. The highest BCUT2D eigenvalue weighted by Gasteiger charge is 2.30. The van der Waals surface area contributed by atoms with Crippen LogP contribution in [0.5, 0.6) is 0 Å². The van der Waals surface area contributed by atoms with Crippen molar-refractivity contribution in [2.24, 2.45) is 0 Å². The molecule has 0 radical (unpaired) electrons. The molecular formula is C18H18. The fourth-order valence-electron chi connectivity index (χ4n) is 3.16. The van der Waals surface area contributed by atoms with E-state index in [0.29, 0.717) is 11.8 Å². The first-order valence-electron chi connectivity index (χ1n) is 6.65. The molecule has 0 nitrogen and oxygen atoms in total. The lowest BCUT2D eigenvalue weighted by molar-refractivity contribution is 0.645. The van der Waals surface area contributed by atoms with E-state index < -0.39 is 0 Å². The topological polar surface area (TPSA) is 0 Å². The average Bonchev–Trinajstić information content (AvgIpc) is 2.80. The van der Waals surface area contributed by atoms with Gasteiger partial charge in [0.1, 0.15) is 0 Å². The lowest BCUT2D eigenvalue weighted by atomic mass is 9.92. The van der Waals surface area contributed by atoms with Gasteiger partial charge in [0.2, 0.25) is 0 Å². The second-order valence-corrected chi connectivity index (χ2v) is 5.05. The molecule has 0 heteroatoms. The van der Waals surface area contributed by atoms with E-state index in [-0.39, 0.29) is 0 Å². The quantitative estimate of drug-likeness (QED) is 0.664. The second-order valence-electron chi connectivity index (χ2n) is 5.05. The first-order chi connectivity index (χ1) is 8.90. The van der Waals surface area contributed by atoms with Crippen LogP contribution in [0.1, 0.15) is 41.4 Å². The zero-order valence-corrected chi connectivity index (χ0v) is 10.5. The van der Waals surface area contributed by atoms with Crippen molar-refractivity contribution in [2.45, 2.75) is 24.7 Å². The molecule has 0 spiro atoms. The van der Waals surface area contributed by atoms with Crippen LogP contribution in [0, 0.1) is 0 Å². The van der Waals surface area contributed by atoms with Gasteiger partial charge in [-0.3, -0.25) is 0 Å². The van der Waals surface area contributed by atoms with Crippen LogP contribution in [0.4, 0.5) is 0 Å². The summed E-state index contributed by atoms with van der Waals surface area (Å²) in [7, 11) is 0. The van der Waals surface area contributed by atoms with Gasteiger partial charge < -0.3 is 0 Å². The summed E-state index contributed by atoms with van der Waals surface area (Å²) in [5.74, 6) is 1.20. The molecule has 0 bridgehead atoms. The zero-order valence-electron chi connectivity index (χ0n) is 10.5. The summed E-state index contributed by atoms with van der Waals surface area (Å²) in [6, 6.07) is 19.7. The van der Waals surface area contributed by atoms with Gasteiger partial charge in [-0.15, -0.1) is 6.58 Å². The first kappa shape index (κ1) is 11.3. The molecule has 3 rings (SSSR count). The molecular weight excluding hydrogens is 216 g/mol. The molecule has 1 aliphatic rings. The summed E-state index contributed by atoms with van der Waals surface area (Å²) in [4.78, 5) is 0. The van der Waals surface area contributed by atoms with Crippen LogP contribution in [0.25, 0.3) is 0 Å². The second kappa shape index (κ2) is 4.81. The molecule has 90 valence electrons. The van der Waals surface area contributed by atoms with Crippen molar-refractivity contribution in [3.05, 3.63) is 83.9 Å². The number of allylic oxidation sites excluding steroid dienone is 1. The Morgan fingerprint density at radius 1 is 0.944 bits per heavy atom. The van der Waals surface area contributed by atoms with Gasteiger partial charge in [-0.1, -0.05) is 60.7 Å². The van der Waals surface area contributed by atoms with E-state index in [0.717, 1.165) is 6.42 Å². The standard InChI is InChI=1S/C18H18/c1-2-8-15-13-18(14-9-4-3-5-10-14)17-12-7-6-11-16(15)17/h2-7,9-12,15,18H,1,8,13H2. The predicted molar refractivity (Wildman–Crippen MR) is 76.9 cm³/mol. The van der Waals surface area contributed by atoms with Gasteiger partial charge in [0.25, 0.3) is 0 Å². The van der Waals surface area contributed by atoms with E-state index in [9.17, 15) is 0 Å². The summed E-state index contributed by atoms with van der Waals surface area (Å²) in [5.41, 5.74) is 4.47. The molecule has 0 saturated carbocycles. The van der Waals surface area contributed by atoms with E-state index in [4.69, 9.17) is 0 Å². The van der Waals surface area contributed by atoms with E-state index in [2.05, 4.69) is 67.3 Å². The van der Waals surface area contributed by atoms with Gasteiger partial charge in [0.05, 0.1) is 0 Å². The smallest absolute Gasteiger partial charge is 0.00981 e. The number of fused-ring (bicyclic) bond motifs is 1. The van der Waals surface area contributed by atoms with Gasteiger partial charge in [0.15, 0.2) is 0 Å². The highest BCUT2D eigenvalue weighted by atomic mass is 14.3. The number of hydrogen-bond donors (Lipinski definition) is 0. The zero-order chi connectivity index (χ0) is 12.4. The van der Waals surface area contributed by atoms with Crippen molar-refractivity contribution >= 4 is 0 Å². The number of rotatable bonds is 3. The number of hydrogen-bond acceptors (Lipinski definition) is 0. The fourth-order valence-corrected chi connectivity index (χ4v) is 3.16. The van der Waals surface area contributed by atoms with Crippen LogP contribution in [0.3, 0.4) is 0 Å². The van der Waals surface area contributed by atoms with Crippen molar-refractivity contribution < 1.29 is 0 Å². The Labute approximate surface area is 109 Å². The van der Waals surface area contributed by atoms with Crippen LogP contribution < -0.4 is 0 Å². The molecule has 0 aromatic heterocycles. The molecule has 2 aromatic carbocycles. The normalized spacial score (nSPS) is 21.6. The lowest BCUT2D eigenvalue weighted by Crippen LogP contribution is -1.95. The summed E-state index contributed by atoms with van der Waals surface area (Å²) in [5, 5.41) is 0. The molecule has 18 heavy (non-hydrogen) atoms. The van der Waals surface area contributed by atoms with E-state index in [1.54, 1.807) is 0 Å². The lowest BCUT2D eigenvalue weighted by Gasteiger charge is -2.12. The Balaban J connectivity index is 2.02. The van der Waals surface area contributed by atoms with Gasteiger partial charge in [-0.05, 0) is 35.4 Å². The highest BCUT2D eigenvalue weighted by molar-refractivity contribution is 5.44. The van der Waals surface area contributed by atoms with Crippen LogP contribution in [0.2, 0.25) is 0 Å². The van der Waals surface area contributed by atoms with E-state index in [1.165, 1.54) is 23.1 Å². The van der Waals surface area contributed by atoms with Gasteiger partial charge in [-0.2, -0.15) is 0 Å². The average molecular weight is 234 g/mol. The van der Waals surface area contributed by atoms with Crippen LogP contribution >= 0.6 is 0 Å². The Morgan fingerprint density at radius 3 is 2.33 bits per heavy atom. The Kier molecular flexibility index (Phi) is 3.02. The van der Waals surface area contributed by atoms with Crippen molar-refractivity contribution in [2.75, 3.05) is 0 Å². The summed E-state index contributed by atoms with van der Waals surface area (Å²) < 4.78 is 0. The third-order valence-electron chi connectivity index (χ3n) is 3.98. The maximum absolute atomic E-state index is 3.89. The SMILES string of the molecule is C=CCC1CC(c2ccccc2)c2ccccc21. The number of benzene rings is 2. The third-order valence-corrected chi connectivity index (χ3v) is 3.98.